The van der Waals surface area contributed by atoms with Crippen LogP contribution in [0.15, 0.2) is 18.2 Å². The molecule has 1 amide bonds. The summed E-state index contributed by atoms with van der Waals surface area (Å²) in [7, 11) is 0. The maximum absolute atomic E-state index is 11.8. The minimum Gasteiger partial charge on any atom is -0.478 e. The number of carboxylic acid groups (broad SMARTS) is 1. The lowest BCUT2D eigenvalue weighted by Gasteiger charge is -2.22. The van der Waals surface area contributed by atoms with Gasteiger partial charge in [0, 0.05) is 19.2 Å². The highest BCUT2D eigenvalue weighted by Gasteiger charge is 2.30. The molecule has 1 aliphatic rings. The predicted molar refractivity (Wildman–Crippen MR) is 90.0 cm³/mol. The van der Waals surface area contributed by atoms with Crippen molar-refractivity contribution in [1.82, 2.24) is 5.32 Å². The molecule has 1 atom stereocenters. The van der Waals surface area contributed by atoms with Gasteiger partial charge in [-0.1, -0.05) is 0 Å². The van der Waals surface area contributed by atoms with Crippen LogP contribution in [0.5, 0.6) is 0 Å². The van der Waals surface area contributed by atoms with Crippen molar-refractivity contribution in [2.24, 2.45) is 0 Å². The first-order chi connectivity index (χ1) is 11.6. The Morgan fingerprint density at radius 2 is 2.08 bits per heavy atom. The van der Waals surface area contributed by atoms with Crippen LogP contribution in [0.3, 0.4) is 0 Å². The quantitative estimate of drug-likeness (QED) is 0.631. The summed E-state index contributed by atoms with van der Waals surface area (Å²) in [4.78, 5) is 35.3. The molecular formula is C16H21N3O6. The van der Waals surface area contributed by atoms with E-state index in [1.165, 1.54) is 18.2 Å². The van der Waals surface area contributed by atoms with Crippen LogP contribution in [-0.4, -0.2) is 46.8 Å². The lowest BCUT2D eigenvalue weighted by atomic mass is 10.1. The van der Waals surface area contributed by atoms with Crippen LogP contribution < -0.4 is 10.2 Å². The fourth-order valence-corrected chi connectivity index (χ4v) is 2.64. The van der Waals surface area contributed by atoms with Crippen LogP contribution in [0.4, 0.5) is 16.2 Å². The zero-order chi connectivity index (χ0) is 18.8. The monoisotopic (exact) mass is 351 g/mol. The van der Waals surface area contributed by atoms with E-state index >= 15 is 0 Å². The van der Waals surface area contributed by atoms with Gasteiger partial charge in [-0.2, -0.15) is 0 Å². The summed E-state index contributed by atoms with van der Waals surface area (Å²) in [6.07, 6.45) is 0.0291. The molecule has 0 saturated carbocycles. The Morgan fingerprint density at radius 3 is 2.64 bits per heavy atom. The second-order valence-electron chi connectivity index (χ2n) is 6.84. The third-order valence-corrected chi connectivity index (χ3v) is 3.67. The summed E-state index contributed by atoms with van der Waals surface area (Å²) in [5.74, 6) is -1.15. The van der Waals surface area contributed by atoms with Gasteiger partial charge in [0.2, 0.25) is 0 Å². The second-order valence-corrected chi connectivity index (χ2v) is 6.84. The van der Waals surface area contributed by atoms with Gasteiger partial charge >= 0.3 is 12.1 Å². The number of nitrogens with one attached hydrogen (secondary N) is 1. The number of hydrogen-bond donors (Lipinski definition) is 2. The Hall–Kier alpha value is -2.84. The average Bonchev–Trinajstić information content (AvgIpc) is 2.92. The molecule has 1 unspecified atom stereocenters. The number of carbonyl (C=O) groups excluding carboxylic acids is 1. The Balaban J connectivity index is 2.13. The number of nitro groups is 1. The maximum Gasteiger partial charge on any atom is 0.407 e. The van der Waals surface area contributed by atoms with E-state index in [-0.39, 0.29) is 23.0 Å². The van der Waals surface area contributed by atoms with Gasteiger partial charge in [-0.15, -0.1) is 0 Å². The summed E-state index contributed by atoms with van der Waals surface area (Å²) < 4.78 is 5.20. The zero-order valence-corrected chi connectivity index (χ0v) is 14.3. The van der Waals surface area contributed by atoms with E-state index in [1.54, 1.807) is 25.7 Å². The Bertz CT molecular complexity index is 698. The number of carboxylic acids is 1. The minimum atomic E-state index is -1.15. The van der Waals surface area contributed by atoms with Crippen molar-refractivity contribution in [3.05, 3.63) is 33.9 Å². The smallest absolute Gasteiger partial charge is 0.407 e. The van der Waals surface area contributed by atoms with Crippen LogP contribution in [-0.2, 0) is 4.74 Å². The zero-order valence-electron chi connectivity index (χ0n) is 14.3. The lowest BCUT2D eigenvalue weighted by Crippen LogP contribution is -2.40. The standard InChI is InChI=1S/C16H21N3O6/c1-16(2,3)25-15(22)17-11-6-7-18(9-11)13-8-10(14(20)21)4-5-12(13)19(23)24/h4-5,8,11H,6-7,9H2,1-3H3,(H,17,22)(H,20,21). The molecule has 9 heteroatoms. The fraction of sp³-hybridized carbons (Fsp3) is 0.500. The molecule has 2 rings (SSSR count). The van der Waals surface area contributed by atoms with Crippen molar-refractivity contribution >= 4 is 23.4 Å². The molecule has 9 nitrogen and oxygen atoms in total. The summed E-state index contributed by atoms with van der Waals surface area (Å²) in [5, 5.41) is 23.0. The van der Waals surface area contributed by atoms with Crippen molar-refractivity contribution in [2.45, 2.75) is 38.8 Å². The number of anilines is 1. The Kier molecular flexibility index (Phi) is 5.15. The SMILES string of the molecule is CC(C)(C)OC(=O)NC1CCN(c2cc(C(=O)O)ccc2[N+](=O)[O-])C1. The minimum absolute atomic E-state index is 0.0239. The number of nitro benzene ring substituents is 1. The van der Waals surface area contributed by atoms with Crippen LogP contribution in [0, 0.1) is 10.1 Å². The molecule has 0 aliphatic carbocycles. The van der Waals surface area contributed by atoms with Crippen molar-refractivity contribution in [2.75, 3.05) is 18.0 Å². The molecular weight excluding hydrogens is 330 g/mol. The van der Waals surface area contributed by atoms with E-state index in [2.05, 4.69) is 5.32 Å². The number of ether oxygens (including phenoxy) is 1. The van der Waals surface area contributed by atoms with Gasteiger partial charge < -0.3 is 20.1 Å². The van der Waals surface area contributed by atoms with Gasteiger partial charge in [0.1, 0.15) is 11.3 Å². The molecule has 136 valence electrons. The van der Waals surface area contributed by atoms with Crippen LogP contribution >= 0.6 is 0 Å². The molecule has 1 aliphatic heterocycles. The number of carbonyl (C=O) groups is 2. The van der Waals surface area contributed by atoms with Crippen LogP contribution in [0.25, 0.3) is 0 Å². The molecule has 1 aromatic carbocycles. The van der Waals surface area contributed by atoms with Crippen molar-refractivity contribution in [1.29, 1.82) is 0 Å². The molecule has 2 N–H and O–H groups in total. The predicted octanol–water partition coefficient (Wildman–Crippen LogP) is 2.40. The first-order valence-electron chi connectivity index (χ1n) is 7.83. The summed E-state index contributed by atoms with van der Waals surface area (Å²) >= 11 is 0. The number of nitrogens with zero attached hydrogens (tertiary/aromatic N) is 2. The first kappa shape index (κ1) is 18.5. The summed E-state index contributed by atoms with van der Waals surface area (Å²) in [5.41, 5.74) is -0.567. The van der Waals surface area contributed by atoms with E-state index in [4.69, 9.17) is 9.84 Å². The van der Waals surface area contributed by atoms with Gasteiger partial charge in [-0.25, -0.2) is 9.59 Å². The van der Waals surface area contributed by atoms with E-state index in [9.17, 15) is 19.7 Å². The molecule has 0 spiro atoms. The number of hydrogen-bond acceptors (Lipinski definition) is 6. The highest BCUT2D eigenvalue weighted by Crippen LogP contribution is 2.32. The first-order valence-corrected chi connectivity index (χ1v) is 7.83. The number of alkyl carbamates (subject to hydrolysis) is 1. The molecule has 1 fully saturated rings. The Labute approximate surface area is 144 Å². The lowest BCUT2D eigenvalue weighted by molar-refractivity contribution is -0.384. The van der Waals surface area contributed by atoms with Gasteiger partial charge in [-0.05, 0) is 39.3 Å². The van der Waals surface area contributed by atoms with Gasteiger partial charge in [-0.3, -0.25) is 10.1 Å². The third-order valence-electron chi connectivity index (χ3n) is 3.67. The average molecular weight is 351 g/mol. The van der Waals surface area contributed by atoms with Gasteiger partial charge in [0.25, 0.3) is 5.69 Å². The highest BCUT2D eigenvalue weighted by atomic mass is 16.6. The third kappa shape index (κ3) is 4.82. The molecule has 0 radical (unpaired) electrons. The molecule has 1 saturated heterocycles. The van der Waals surface area contributed by atoms with Crippen molar-refractivity contribution in [3.8, 4) is 0 Å². The molecule has 25 heavy (non-hydrogen) atoms. The largest absolute Gasteiger partial charge is 0.478 e. The van der Waals surface area contributed by atoms with E-state index in [1.807, 2.05) is 0 Å². The Morgan fingerprint density at radius 1 is 1.40 bits per heavy atom. The number of benzene rings is 1. The van der Waals surface area contributed by atoms with Gasteiger partial charge in [0.05, 0.1) is 16.5 Å². The summed E-state index contributed by atoms with van der Waals surface area (Å²) in [6, 6.07) is 3.45. The number of aromatic carboxylic acids is 1. The molecule has 0 bridgehead atoms. The van der Waals surface area contributed by atoms with Crippen molar-refractivity contribution in [3.63, 3.8) is 0 Å². The maximum atomic E-state index is 11.8. The van der Waals surface area contributed by atoms with Gasteiger partial charge in [0.15, 0.2) is 0 Å². The van der Waals surface area contributed by atoms with E-state index < -0.39 is 22.6 Å². The molecule has 1 heterocycles. The van der Waals surface area contributed by atoms with Crippen molar-refractivity contribution < 1.29 is 24.4 Å². The number of amides is 1. The fourth-order valence-electron chi connectivity index (χ4n) is 2.64. The number of rotatable bonds is 4. The second kappa shape index (κ2) is 6.96. The molecule has 1 aromatic rings. The van der Waals surface area contributed by atoms with E-state index in [0.29, 0.717) is 19.5 Å². The molecule has 0 aromatic heterocycles. The topological polar surface area (TPSA) is 122 Å². The highest BCUT2D eigenvalue weighted by molar-refractivity contribution is 5.90. The van der Waals surface area contributed by atoms with Crippen LogP contribution in [0.2, 0.25) is 0 Å². The van der Waals surface area contributed by atoms with E-state index in [0.717, 1.165) is 0 Å². The normalized spacial score (nSPS) is 17.2. The van der Waals surface area contributed by atoms with Crippen LogP contribution in [0.1, 0.15) is 37.6 Å². The summed E-state index contributed by atoms with van der Waals surface area (Å²) in [6.45, 7) is 6.07.